The topological polar surface area (TPSA) is 46.2 Å². The van der Waals surface area contributed by atoms with Gasteiger partial charge in [0.15, 0.2) is 9.84 Å². The van der Waals surface area contributed by atoms with E-state index in [-0.39, 0.29) is 11.3 Å². The van der Waals surface area contributed by atoms with E-state index in [4.69, 9.17) is 0 Å². The van der Waals surface area contributed by atoms with E-state index in [1.54, 1.807) is 24.3 Å². The standard InChI is InChI=1S/C16H24BrNO2S/c1-2-12-18-15-6-4-3-5-7-16(15)21(19,20)14-10-8-13(17)9-11-14/h8-11,15-16,18H,2-7,12H2,1H3. The highest BCUT2D eigenvalue weighted by Crippen LogP contribution is 2.29. The van der Waals surface area contributed by atoms with Gasteiger partial charge < -0.3 is 5.32 Å². The minimum Gasteiger partial charge on any atom is -0.313 e. The van der Waals surface area contributed by atoms with Crippen LogP contribution in [-0.4, -0.2) is 26.3 Å². The van der Waals surface area contributed by atoms with Crippen LogP contribution in [0.1, 0.15) is 45.4 Å². The van der Waals surface area contributed by atoms with Crippen LogP contribution in [0.2, 0.25) is 0 Å². The Kier molecular flexibility index (Phi) is 6.26. The van der Waals surface area contributed by atoms with E-state index in [2.05, 4.69) is 28.2 Å². The highest BCUT2D eigenvalue weighted by Gasteiger charge is 2.35. The lowest BCUT2D eigenvalue weighted by atomic mass is 10.1. The van der Waals surface area contributed by atoms with Crippen LogP contribution in [0.25, 0.3) is 0 Å². The SMILES string of the molecule is CCCNC1CCCCCC1S(=O)(=O)c1ccc(Br)cc1. The molecule has 3 nitrogen and oxygen atoms in total. The van der Waals surface area contributed by atoms with E-state index in [1.807, 2.05) is 0 Å². The lowest BCUT2D eigenvalue weighted by molar-refractivity contribution is 0.450. The Morgan fingerprint density at radius 2 is 1.81 bits per heavy atom. The molecule has 1 saturated carbocycles. The second-order valence-corrected chi connectivity index (χ2v) is 8.82. The number of rotatable bonds is 5. The Hall–Kier alpha value is -0.390. The molecule has 0 radical (unpaired) electrons. The summed E-state index contributed by atoms with van der Waals surface area (Å²) in [4.78, 5) is 0.445. The van der Waals surface area contributed by atoms with Crippen molar-refractivity contribution in [3.63, 3.8) is 0 Å². The monoisotopic (exact) mass is 373 g/mol. The molecule has 21 heavy (non-hydrogen) atoms. The Morgan fingerprint density at radius 3 is 2.48 bits per heavy atom. The Balaban J connectivity index is 2.27. The smallest absolute Gasteiger partial charge is 0.182 e. The van der Waals surface area contributed by atoms with E-state index in [9.17, 15) is 8.42 Å². The predicted molar refractivity (Wildman–Crippen MR) is 90.3 cm³/mol. The largest absolute Gasteiger partial charge is 0.313 e. The van der Waals surface area contributed by atoms with Gasteiger partial charge in [0.1, 0.15) is 0 Å². The fourth-order valence-corrected chi connectivity index (χ4v) is 5.28. The summed E-state index contributed by atoms with van der Waals surface area (Å²) in [6.45, 7) is 3.00. The van der Waals surface area contributed by atoms with Crippen LogP contribution in [0.15, 0.2) is 33.6 Å². The first-order valence-corrected chi connectivity index (χ1v) is 10.1. The van der Waals surface area contributed by atoms with Gasteiger partial charge in [-0.05, 0) is 50.1 Å². The van der Waals surface area contributed by atoms with Gasteiger partial charge in [-0.25, -0.2) is 8.42 Å². The summed E-state index contributed by atoms with van der Waals surface area (Å²) < 4.78 is 26.8. The first-order chi connectivity index (χ1) is 10.1. The molecule has 5 heteroatoms. The van der Waals surface area contributed by atoms with Crippen molar-refractivity contribution in [1.29, 1.82) is 0 Å². The summed E-state index contributed by atoms with van der Waals surface area (Å²) in [5.41, 5.74) is 0. The van der Waals surface area contributed by atoms with Crippen molar-refractivity contribution < 1.29 is 8.42 Å². The first kappa shape index (κ1) is 17.0. The van der Waals surface area contributed by atoms with Crippen molar-refractivity contribution >= 4 is 25.8 Å². The average molecular weight is 374 g/mol. The zero-order chi connectivity index (χ0) is 15.3. The quantitative estimate of drug-likeness (QED) is 0.795. The molecule has 1 aromatic rings. The molecule has 1 aliphatic carbocycles. The highest BCUT2D eigenvalue weighted by atomic mass is 79.9. The van der Waals surface area contributed by atoms with E-state index < -0.39 is 9.84 Å². The van der Waals surface area contributed by atoms with E-state index in [0.29, 0.717) is 4.90 Å². The number of hydrogen-bond acceptors (Lipinski definition) is 3. The highest BCUT2D eigenvalue weighted by molar-refractivity contribution is 9.10. The maximum atomic E-state index is 13.0. The molecule has 0 aliphatic heterocycles. The maximum Gasteiger partial charge on any atom is 0.182 e. The Labute approximate surface area is 136 Å². The fourth-order valence-electron chi connectivity index (χ4n) is 3.01. The van der Waals surface area contributed by atoms with Crippen LogP contribution in [0.5, 0.6) is 0 Å². The molecule has 1 fully saturated rings. The third-order valence-electron chi connectivity index (χ3n) is 4.15. The molecule has 0 aromatic heterocycles. The summed E-state index contributed by atoms with van der Waals surface area (Å²) in [7, 11) is -3.27. The van der Waals surface area contributed by atoms with Gasteiger partial charge in [0.2, 0.25) is 0 Å². The van der Waals surface area contributed by atoms with Gasteiger partial charge in [-0.1, -0.05) is 42.1 Å². The van der Waals surface area contributed by atoms with Crippen molar-refractivity contribution in [2.24, 2.45) is 0 Å². The summed E-state index contributed by atoms with van der Waals surface area (Å²) in [6, 6.07) is 7.11. The van der Waals surface area contributed by atoms with E-state index >= 15 is 0 Å². The molecular formula is C16H24BrNO2S. The predicted octanol–water partition coefficient (Wildman–Crippen LogP) is 3.92. The lowest BCUT2D eigenvalue weighted by Crippen LogP contribution is -2.43. The number of sulfone groups is 1. The van der Waals surface area contributed by atoms with Crippen LogP contribution in [0.3, 0.4) is 0 Å². The molecule has 118 valence electrons. The van der Waals surface area contributed by atoms with Gasteiger partial charge in [0, 0.05) is 10.5 Å². The molecular weight excluding hydrogens is 350 g/mol. The fraction of sp³-hybridized carbons (Fsp3) is 0.625. The number of halogens is 1. The van der Waals surface area contributed by atoms with Crippen molar-refractivity contribution in [2.75, 3.05) is 6.54 Å². The van der Waals surface area contributed by atoms with Gasteiger partial charge in [0.25, 0.3) is 0 Å². The maximum absolute atomic E-state index is 13.0. The van der Waals surface area contributed by atoms with Crippen molar-refractivity contribution in [3.05, 3.63) is 28.7 Å². The number of benzene rings is 1. The molecule has 0 amide bonds. The molecule has 1 N–H and O–H groups in total. The normalized spacial score (nSPS) is 23.7. The van der Waals surface area contributed by atoms with Gasteiger partial charge in [0.05, 0.1) is 10.1 Å². The molecule has 2 unspecified atom stereocenters. The third-order valence-corrected chi connectivity index (χ3v) is 6.97. The molecule has 2 rings (SSSR count). The van der Waals surface area contributed by atoms with Gasteiger partial charge in [-0.2, -0.15) is 0 Å². The van der Waals surface area contributed by atoms with E-state index in [0.717, 1.165) is 49.5 Å². The van der Waals surface area contributed by atoms with Crippen LogP contribution < -0.4 is 5.32 Å². The van der Waals surface area contributed by atoms with Crippen LogP contribution in [0, 0.1) is 0 Å². The summed E-state index contributed by atoms with van der Waals surface area (Å²) in [5.74, 6) is 0. The zero-order valence-electron chi connectivity index (χ0n) is 12.5. The van der Waals surface area contributed by atoms with Gasteiger partial charge in [-0.15, -0.1) is 0 Å². The van der Waals surface area contributed by atoms with E-state index in [1.165, 1.54) is 0 Å². The van der Waals surface area contributed by atoms with Crippen LogP contribution in [0.4, 0.5) is 0 Å². The van der Waals surface area contributed by atoms with Crippen molar-refractivity contribution in [3.8, 4) is 0 Å². The van der Waals surface area contributed by atoms with Crippen molar-refractivity contribution in [1.82, 2.24) is 5.32 Å². The minimum absolute atomic E-state index is 0.0843. The zero-order valence-corrected chi connectivity index (χ0v) is 14.9. The third kappa shape index (κ3) is 4.30. The van der Waals surface area contributed by atoms with Crippen molar-refractivity contribution in [2.45, 2.75) is 61.6 Å². The van der Waals surface area contributed by atoms with Crippen LogP contribution >= 0.6 is 15.9 Å². The second-order valence-electron chi connectivity index (χ2n) is 5.74. The lowest BCUT2D eigenvalue weighted by Gasteiger charge is -2.26. The molecule has 0 bridgehead atoms. The minimum atomic E-state index is -3.27. The Morgan fingerprint density at radius 1 is 1.14 bits per heavy atom. The molecule has 1 aromatic carbocycles. The van der Waals surface area contributed by atoms with Crippen LogP contribution in [-0.2, 0) is 9.84 Å². The summed E-state index contributed by atoms with van der Waals surface area (Å²) >= 11 is 3.36. The second kappa shape index (κ2) is 7.75. The summed E-state index contributed by atoms with van der Waals surface area (Å²) in [5, 5.41) is 3.16. The number of nitrogens with one attached hydrogen (secondary N) is 1. The molecule has 2 atom stereocenters. The molecule has 0 saturated heterocycles. The molecule has 0 heterocycles. The average Bonchev–Trinajstić information content (AvgIpc) is 2.71. The molecule has 1 aliphatic rings. The number of hydrogen-bond donors (Lipinski definition) is 1. The van der Waals surface area contributed by atoms with Gasteiger partial charge in [-0.3, -0.25) is 0 Å². The Bertz CT molecular complexity index is 542. The van der Waals surface area contributed by atoms with Gasteiger partial charge >= 0.3 is 0 Å². The summed E-state index contributed by atoms with van der Waals surface area (Å²) in [6.07, 6.45) is 6.01. The first-order valence-electron chi connectivity index (χ1n) is 7.78. The molecule has 0 spiro atoms.